The molecule has 2 N–H and O–H groups in total. The van der Waals surface area contributed by atoms with Gasteiger partial charge >= 0.3 is 5.69 Å². The van der Waals surface area contributed by atoms with Crippen molar-refractivity contribution in [3.8, 4) is 0 Å². The van der Waals surface area contributed by atoms with Crippen LogP contribution in [-0.4, -0.2) is 52.5 Å². The van der Waals surface area contributed by atoms with Crippen LogP contribution < -0.4 is 16.6 Å². The summed E-state index contributed by atoms with van der Waals surface area (Å²) in [6, 6.07) is 10.9. The molecule has 206 valence electrons. The molecule has 6 rings (SSSR count). The van der Waals surface area contributed by atoms with E-state index in [1.807, 2.05) is 23.1 Å². The van der Waals surface area contributed by atoms with Crippen LogP contribution in [0.3, 0.4) is 0 Å². The Morgan fingerprint density at radius 1 is 1.10 bits per heavy atom. The van der Waals surface area contributed by atoms with Crippen molar-refractivity contribution in [1.29, 1.82) is 0 Å². The molecule has 0 aliphatic carbocycles. The molecular formula is C28H29ClN8O3. The number of halogens is 1. The van der Waals surface area contributed by atoms with E-state index in [-0.39, 0.29) is 12.5 Å². The third kappa shape index (κ3) is 4.66. The molecule has 5 heterocycles. The van der Waals surface area contributed by atoms with Gasteiger partial charge in [-0.15, -0.1) is 0 Å². The molecule has 1 saturated heterocycles. The highest BCUT2D eigenvalue weighted by Gasteiger charge is 2.20. The zero-order valence-electron chi connectivity index (χ0n) is 22.3. The van der Waals surface area contributed by atoms with Crippen molar-refractivity contribution in [2.24, 2.45) is 14.1 Å². The van der Waals surface area contributed by atoms with Crippen molar-refractivity contribution in [3.05, 3.63) is 80.0 Å². The Morgan fingerprint density at radius 2 is 1.90 bits per heavy atom. The number of benzene rings is 1. The molecule has 40 heavy (non-hydrogen) atoms. The fraction of sp³-hybridized carbons (Fsp3) is 0.321. The van der Waals surface area contributed by atoms with E-state index in [4.69, 9.17) is 11.6 Å². The van der Waals surface area contributed by atoms with Crippen LogP contribution in [0.25, 0.3) is 21.9 Å². The predicted octanol–water partition coefficient (Wildman–Crippen LogP) is 3.31. The molecule has 0 saturated carbocycles. The topological polar surface area (TPSA) is 123 Å². The van der Waals surface area contributed by atoms with Crippen molar-refractivity contribution >= 4 is 51.1 Å². The number of nitrogens with one attached hydrogen (secondary N) is 2. The van der Waals surface area contributed by atoms with Crippen LogP contribution in [0, 0.1) is 0 Å². The van der Waals surface area contributed by atoms with Crippen molar-refractivity contribution in [2.45, 2.75) is 32.2 Å². The monoisotopic (exact) mass is 560 g/mol. The lowest BCUT2D eigenvalue weighted by Crippen LogP contribution is -2.39. The number of aromatic nitrogens is 6. The fourth-order valence-corrected chi connectivity index (χ4v) is 5.58. The summed E-state index contributed by atoms with van der Waals surface area (Å²) in [5, 5.41) is 4.67. The number of hydrogen-bond donors (Lipinski definition) is 2. The Balaban J connectivity index is 1.28. The number of nitrogens with zero attached hydrogens (tertiary/aromatic N) is 6. The molecule has 0 radical (unpaired) electrons. The molecule has 0 bridgehead atoms. The largest absolute Gasteiger partial charge is 0.357 e. The number of likely N-dealkylation sites (tertiary alicyclic amines) is 1. The number of H-pyrrole nitrogens is 1. The van der Waals surface area contributed by atoms with Crippen molar-refractivity contribution in [2.75, 3.05) is 18.4 Å². The maximum absolute atomic E-state index is 13.6. The number of anilines is 2. The van der Waals surface area contributed by atoms with E-state index in [0.29, 0.717) is 52.1 Å². The maximum atomic E-state index is 13.6. The number of aryl methyl sites for hydroxylation is 3. The molecule has 0 spiro atoms. The van der Waals surface area contributed by atoms with Gasteiger partial charge in [-0.25, -0.2) is 14.8 Å². The van der Waals surface area contributed by atoms with Gasteiger partial charge in [0.05, 0.1) is 12.1 Å². The van der Waals surface area contributed by atoms with Gasteiger partial charge in [-0.1, -0.05) is 17.7 Å². The van der Waals surface area contributed by atoms with Gasteiger partial charge in [-0.2, -0.15) is 0 Å². The first kappa shape index (κ1) is 25.9. The minimum atomic E-state index is -0.425. The Labute approximate surface area is 234 Å². The van der Waals surface area contributed by atoms with Crippen LogP contribution in [0.1, 0.15) is 30.8 Å². The lowest BCUT2D eigenvalue weighted by atomic mass is 10.2. The summed E-state index contributed by atoms with van der Waals surface area (Å²) >= 11 is 6.31. The minimum absolute atomic E-state index is 0.0752. The molecule has 12 heteroatoms. The van der Waals surface area contributed by atoms with Gasteiger partial charge in [-0.05, 0) is 37.1 Å². The summed E-state index contributed by atoms with van der Waals surface area (Å²) in [7, 11) is 3.41. The van der Waals surface area contributed by atoms with Crippen LogP contribution in [-0.2, 0) is 31.9 Å². The van der Waals surface area contributed by atoms with E-state index in [2.05, 4.69) is 20.3 Å². The average molecular weight is 561 g/mol. The molecule has 1 aromatic carbocycles. The summed E-state index contributed by atoms with van der Waals surface area (Å²) in [6.45, 7) is 1.72. The van der Waals surface area contributed by atoms with Crippen LogP contribution >= 0.6 is 11.6 Å². The number of amides is 1. The van der Waals surface area contributed by atoms with E-state index < -0.39 is 11.2 Å². The van der Waals surface area contributed by atoms with Gasteiger partial charge in [0.2, 0.25) is 5.91 Å². The molecule has 4 aromatic heterocycles. The molecule has 1 aliphatic rings. The minimum Gasteiger partial charge on any atom is -0.357 e. The second-order valence-corrected chi connectivity index (χ2v) is 10.5. The van der Waals surface area contributed by atoms with Crippen molar-refractivity contribution < 1.29 is 4.79 Å². The standard InChI is InChI=1S/C28H29ClN8O3/c1-34-21-15-24(33-23-10-11-30-22(32-23)8-9-25(38)36-12-3-4-13-36)35(2)26(21)27(39)37(28(34)40)16-17-14-18-19(29)6-5-7-20(18)31-17/h5-7,10-11,14-15,31H,3-4,8-9,12-13,16H2,1-2H3,(H,30,32,33). The zero-order chi connectivity index (χ0) is 28.0. The first-order valence-electron chi connectivity index (χ1n) is 13.2. The van der Waals surface area contributed by atoms with E-state index in [9.17, 15) is 14.4 Å². The average Bonchev–Trinajstić information content (AvgIpc) is 3.69. The Hall–Kier alpha value is -4.38. The summed E-state index contributed by atoms with van der Waals surface area (Å²) in [6.07, 6.45) is 4.56. The first-order chi connectivity index (χ1) is 19.3. The van der Waals surface area contributed by atoms with Crippen LogP contribution in [0.2, 0.25) is 5.02 Å². The normalized spacial score (nSPS) is 13.5. The number of hydrogen-bond acceptors (Lipinski definition) is 6. The molecule has 11 nitrogen and oxygen atoms in total. The number of aromatic amines is 1. The van der Waals surface area contributed by atoms with Crippen LogP contribution in [0.4, 0.5) is 11.6 Å². The molecule has 1 fully saturated rings. The summed E-state index contributed by atoms with van der Waals surface area (Å²) in [4.78, 5) is 53.3. The lowest BCUT2D eigenvalue weighted by Gasteiger charge is -2.14. The van der Waals surface area contributed by atoms with Crippen molar-refractivity contribution in [1.82, 2.24) is 33.6 Å². The van der Waals surface area contributed by atoms with E-state index in [1.54, 1.807) is 43.1 Å². The third-order valence-electron chi connectivity index (χ3n) is 7.52. The fourth-order valence-electron chi connectivity index (χ4n) is 5.35. The quantitative estimate of drug-likeness (QED) is 0.315. The summed E-state index contributed by atoms with van der Waals surface area (Å²) in [5.74, 6) is 1.81. The van der Waals surface area contributed by atoms with Gasteiger partial charge < -0.3 is 19.8 Å². The number of fused-ring (bicyclic) bond motifs is 2. The SMILES string of the molecule is Cn1c(Nc2ccnc(CCC(=O)N3CCCC3)n2)cc2c1c(=O)n(Cc1cc3c(Cl)cccc3[nH]1)c(=O)n2C. The number of carbonyl (C=O) groups is 1. The van der Waals surface area contributed by atoms with Gasteiger partial charge in [0.25, 0.3) is 5.56 Å². The zero-order valence-corrected chi connectivity index (χ0v) is 23.0. The number of carbonyl (C=O) groups excluding carboxylic acids is 1. The van der Waals surface area contributed by atoms with Gasteiger partial charge in [-0.3, -0.25) is 18.7 Å². The van der Waals surface area contributed by atoms with Crippen LogP contribution in [0.15, 0.2) is 52.2 Å². The summed E-state index contributed by atoms with van der Waals surface area (Å²) < 4.78 is 4.40. The Morgan fingerprint density at radius 3 is 2.67 bits per heavy atom. The maximum Gasteiger partial charge on any atom is 0.331 e. The van der Waals surface area contributed by atoms with Gasteiger partial charge in [0, 0.05) is 73.9 Å². The van der Waals surface area contributed by atoms with Crippen molar-refractivity contribution in [3.63, 3.8) is 0 Å². The highest BCUT2D eigenvalue weighted by Crippen LogP contribution is 2.25. The first-order valence-corrected chi connectivity index (χ1v) is 13.6. The molecule has 1 aliphatic heterocycles. The van der Waals surface area contributed by atoms with Gasteiger partial charge in [0.1, 0.15) is 23.0 Å². The Bertz CT molecular complexity index is 1880. The number of rotatable bonds is 7. The smallest absolute Gasteiger partial charge is 0.331 e. The van der Waals surface area contributed by atoms with Crippen LogP contribution in [0.5, 0.6) is 0 Å². The van der Waals surface area contributed by atoms with E-state index in [0.717, 1.165) is 36.8 Å². The molecule has 1 amide bonds. The van der Waals surface area contributed by atoms with E-state index in [1.165, 1.54) is 9.13 Å². The lowest BCUT2D eigenvalue weighted by molar-refractivity contribution is -0.130. The highest BCUT2D eigenvalue weighted by molar-refractivity contribution is 6.35. The molecule has 0 unspecified atom stereocenters. The molecule has 5 aromatic rings. The predicted molar refractivity (Wildman–Crippen MR) is 154 cm³/mol. The molecular weight excluding hydrogens is 532 g/mol. The van der Waals surface area contributed by atoms with E-state index >= 15 is 0 Å². The third-order valence-corrected chi connectivity index (χ3v) is 7.85. The second kappa shape index (κ2) is 10.3. The second-order valence-electron chi connectivity index (χ2n) is 10.1. The summed E-state index contributed by atoms with van der Waals surface area (Å²) in [5.41, 5.74) is 1.59. The Kier molecular flexibility index (Phi) is 6.67. The van der Waals surface area contributed by atoms with Gasteiger partial charge in [0.15, 0.2) is 0 Å². The molecule has 0 atom stereocenters. The highest BCUT2D eigenvalue weighted by atomic mass is 35.5.